The summed E-state index contributed by atoms with van der Waals surface area (Å²) in [7, 11) is 2.68. The Labute approximate surface area is 120 Å². The third-order valence-electron chi connectivity index (χ3n) is 1.95. The van der Waals surface area contributed by atoms with E-state index in [0.717, 1.165) is 8.04 Å². The van der Waals surface area contributed by atoms with E-state index in [2.05, 4.69) is 48.0 Å². The first-order valence-electron chi connectivity index (χ1n) is 4.39. The summed E-state index contributed by atoms with van der Waals surface area (Å²) in [6.07, 6.45) is 0. The summed E-state index contributed by atoms with van der Waals surface area (Å²) in [5.74, 6) is -0.285. The molecule has 1 aromatic rings. The van der Waals surface area contributed by atoms with E-state index in [9.17, 15) is 4.79 Å². The average Bonchev–Trinajstić information content (AvgIpc) is 2.29. The molecular weight excluding hydrogens is 403 g/mol. The fraction of sp³-hybridized carbons (Fsp3) is 0.200. The SMILES string of the molecule is COC(=O)C(=[N+]=[N-])c1cc(Br)cc(I)c1OC. The van der Waals surface area contributed by atoms with Gasteiger partial charge in [0.2, 0.25) is 0 Å². The van der Waals surface area contributed by atoms with Crippen molar-refractivity contribution in [3.8, 4) is 5.75 Å². The van der Waals surface area contributed by atoms with Gasteiger partial charge in [0.05, 0.1) is 17.8 Å². The summed E-state index contributed by atoms with van der Waals surface area (Å²) in [6.45, 7) is 0. The number of methoxy groups -OCH3 is 2. The monoisotopic (exact) mass is 410 g/mol. The van der Waals surface area contributed by atoms with Crippen molar-refractivity contribution in [3.05, 3.63) is 31.3 Å². The van der Waals surface area contributed by atoms with Crippen LogP contribution < -0.4 is 4.74 Å². The van der Waals surface area contributed by atoms with Crippen LogP contribution in [0.5, 0.6) is 5.75 Å². The minimum Gasteiger partial charge on any atom is -0.495 e. The van der Waals surface area contributed by atoms with Crippen LogP contribution in [0.2, 0.25) is 0 Å². The molecule has 17 heavy (non-hydrogen) atoms. The molecule has 0 aliphatic heterocycles. The highest BCUT2D eigenvalue weighted by Crippen LogP contribution is 2.30. The molecule has 0 aliphatic carbocycles. The van der Waals surface area contributed by atoms with Crippen molar-refractivity contribution >= 4 is 50.2 Å². The van der Waals surface area contributed by atoms with Gasteiger partial charge >= 0.3 is 11.7 Å². The zero-order valence-corrected chi connectivity index (χ0v) is 12.8. The standard InChI is InChI=1S/C10H8BrIN2O3/c1-16-9-6(3-5(11)4-7(9)12)8(14-13)10(15)17-2/h3-4H,1-2H3. The topological polar surface area (TPSA) is 71.9 Å². The molecule has 7 heteroatoms. The number of ether oxygens (including phenoxy) is 2. The normalized spacial score (nSPS) is 9.41. The van der Waals surface area contributed by atoms with Crippen LogP contribution in [0.25, 0.3) is 5.53 Å². The van der Waals surface area contributed by atoms with Crippen LogP contribution in [0.3, 0.4) is 0 Å². The van der Waals surface area contributed by atoms with Gasteiger partial charge in [-0.05, 0) is 34.7 Å². The highest BCUT2D eigenvalue weighted by Gasteiger charge is 2.29. The average molecular weight is 411 g/mol. The lowest BCUT2D eigenvalue weighted by molar-refractivity contribution is -0.137. The molecule has 0 aliphatic rings. The molecule has 0 heterocycles. The van der Waals surface area contributed by atoms with Gasteiger partial charge in [-0.1, -0.05) is 15.9 Å². The molecule has 0 bridgehead atoms. The fourth-order valence-corrected chi connectivity index (χ4v) is 2.98. The predicted molar refractivity (Wildman–Crippen MR) is 73.2 cm³/mol. The number of carbonyl (C=O) groups is 1. The molecule has 0 amide bonds. The molecule has 0 unspecified atom stereocenters. The Balaban J connectivity index is 3.48. The lowest BCUT2D eigenvalue weighted by atomic mass is 10.1. The second-order valence-electron chi connectivity index (χ2n) is 2.91. The van der Waals surface area contributed by atoms with Crippen molar-refractivity contribution in [2.24, 2.45) is 0 Å². The van der Waals surface area contributed by atoms with E-state index in [1.807, 2.05) is 6.07 Å². The molecule has 0 spiro atoms. The Morgan fingerprint density at radius 1 is 1.47 bits per heavy atom. The molecule has 0 fully saturated rings. The van der Waals surface area contributed by atoms with Crippen LogP contribution >= 0.6 is 38.5 Å². The quantitative estimate of drug-likeness (QED) is 0.252. The van der Waals surface area contributed by atoms with Gasteiger partial charge in [0.15, 0.2) is 0 Å². The van der Waals surface area contributed by atoms with Gasteiger partial charge in [0.25, 0.3) is 0 Å². The van der Waals surface area contributed by atoms with Gasteiger partial charge in [-0.15, -0.1) is 0 Å². The van der Waals surface area contributed by atoms with Crippen molar-refractivity contribution < 1.29 is 19.1 Å². The Morgan fingerprint density at radius 3 is 2.59 bits per heavy atom. The predicted octanol–water partition coefficient (Wildman–Crippen LogP) is 2.25. The molecule has 0 atom stereocenters. The Morgan fingerprint density at radius 2 is 2.12 bits per heavy atom. The Kier molecular flexibility index (Phi) is 5.10. The van der Waals surface area contributed by atoms with E-state index in [0.29, 0.717) is 11.3 Å². The maximum Gasteiger partial charge on any atom is 0.422 e. The summed E-state index contributed by atoms with van der Waals surface area (Å²) in [6, 6.07) is 3.43. The highest BCUT2D eigenvalue weighted by molar-refractivity contribution is 14.1. The number of nitrogens with zero attached hydrogens (tertiary/aromatic N) is 2. The molecule has 5 nitrogen and oxygen atoms in total. The largest absolute Gasteiger partial charge is 0.495 e. The molecule has 0 saturated heterocycles. The smallest absolute Gasteiger partial charge is 0.422 e. The summed E-state index contributed by atoms with van der Waals surface area (Å²) in [5.41, 5.74) is 9.05. The van der Waals surface area contributed by atoms with Crippen molar-refractivity contribution in [2.75, 3.05) is 14.2 Å². The first-order valence-corrected chi connectivity index (χ1v) is 6.26. The number of benzene rings is 1. The van der Waals surface area contributed by atoms with Crippen LogP contribution in [0, 0.1) is 3.57 Å². The van der Waals surface area contributed by atoms with Crippen LogP contribution in [-0.2, 0) is 9.53 Å². The number of rotatable bonds is 3. The van der Waals surface area contributed by atoms with E-state index in [-0.39, 0.29) is 5.71 Å². The van der Waals surface area contributed by atoms with E-state index in [1.54, 1.807) is 6.07 Å². The van der Waals surface area contributed by atoms with Crippen LogP contribution in [0.15, 0.2) is 16.6 Å². The fourth-order valence-electron chi connectivity index (χ4n) is 1.25. The summed E-state index contributed by atoms with van der Waals surface area (Å²) in [4.78, 5) is 14.4. The van der Waals surface area contributed by atoms with Gasteiger partial charge in [-0.2, -0.15) is 4.79 Å². The van der Waals surface area contributed by atoms with Crippen molar-refractivity contribution in [2.45, 2.75) is 0 Å². The lowest BCUT2D eigenvalue weighted by Crippen LogP contribution is -2.19. The molecule has 1 rings (SSSR count). The maximum absolute atomic E-state index is 11.4. The third kappa shape index (κ3) is 3.05. The van der Waals surface area contributed by atoms with Gasteiger partial charge < -0.3 is 15.0 Å². The third-order valence-corrected chi connectivity index (χ3v) is 3.21. The number of carbonyl (C=O) groups excluding carboxylic acids is 1. The van der Waals surface area contributed by atoms with Crippen LogP contribution in [0.1, 0.15) is 5.56 Å². The molecule has 90 valence electrons. The minimum absolute atomic E-state index is 0.205. The molecule has 0 N–H and O–H groups in total. The highest BCUT2D eigenvalue weighted by atomic mass is 127. The van der Waals surface area contributed by atoms with Gasteiger partial charge in [-0.25, -0.2) is 4.79 Å². The number of esters is 1. The van der Waals surface area contributed by atoms with Gasteiger partial charge in [0.1, 0.15) is 11.3 Å². The van der Waals surface area contributed by atoms with E-state index >= 15 is 0 Å². The Hall–Kier alpha value is -0.920. The summed E-state index contributed by atoms with van der Waals surface area (Å²) < 4.78 is 11.2. The minimum atomic E-state index is -0.736. The Bertz CT molecular complexity index is 513. The van der Waals surface area contributed by atoms with Crippen molar-refractivity contribution in [1.29, 1.82) is 0 Å². The summed E-state index contributed by atoms with van der Waals surface area (Å²) in [5, 5.41) is 0. The number of halogens is 2. The number of hydrogen-bond donors (Lipinski definition) is 0. The van der Waals surface area contributed by atoms with Crippen LogP contribution in [0.4, 0.5) is 0 Å². The number of hydrogen-bond acceptors (Lipinski definition) is 3. The zero-order chi connectivity index (χ0) is 13.0. The second-order valence-corrected chi connectivity index (χ2v) is 4.99. The van der Waals surface area contributed by atoms with Crippen molar-refractivity contribution in [3.63, 3.8) is 0 Å². The first kappa shape index (κ1) is 14.1. The molecule has 0 aromatic heterocycles. The maximum atomic E-state index is 11.4. The second kappa shape index (κ2) is 6.13. The van der Waals surface area contributed by atoms with Gasteiger partial charge in [-0.3, -0.25) is 0 Å². The summed E-state index contributed by atoms with van der Waals surface area (Å²) >= 11 is 5.35. The molecule has 1 aromatic carbocycles. The molecule has 0 saturated carbocycles. The lowest BCUT2D eigenvalue weighted by Gasteiger charge is -2.07. The van der Waals surface area contributed by atoms with E-state index in [4.69, 9.17) is 10.3 Å². The van der Waals surface area contributed by atoms with Crippen molar-refractivity contribution in [1.82, 2.24) is 0 Å². The van der Waals surface area contributed by atoms with Crippen LogP contribution in [-0.4, -0.2) is 30.7 Å². The molecule has 0 radical (unpaired) electrons. The molecular formula is C10H8BrIN2O3. The zero-order valence-electron chi connectivity index (χ0n) is 9.03. The van der Waals surface area contributed by atoms with E-state index in [1.165, 1.54) is 14.2 Å². The van der Waals surface area contributed by atoms with E-state index < -0.39 is 5.97 Å². The first-order chi connectivity index (χ1) is 8.04. The van der Waals surface area contributed by atoms with Gasteiger partial charge in [0, 0.05) is 4.47 Å².